The van der Waals surface area contributed by atoms with Gasteiger partial charge in [0.1, 0.15) is 0 Å². The van der Waals surface area contributed by atoms with Gasteiger partial charge in [-0.2, -0.15) is 0 Å². The van der Waals surface area contributed by atoms with E-state index in [9.17, 15) is 4.79 Å². The first-order valence-corrected chi connectivity index (χ1v) is 11.7. The summed E-state index contributed by atoms with van der Waals surface area (Å²) in [7, 11) is 0. The van der Waals surface area contributed by atoms with E-state index >= 15 is 0 Å². The van der Waals surface area contributed by atoms with E-state index in [4.69, 9.17) is 24.4 Å². The maximum absolute atomic E-state index is 12.3. The number of rotatable bonds is 5. The molecule has 0 aliphatic heterocycles. The highest BCUT2D eigenvalue weighted by Gasteiger charge is 2.15. The molecule has 2 aliphatic carbocycles. The first-order chi connectivity index (χ1) is 14.6. The lowest BCUT2D eigenvalue weighted by Gasteiger charge is -2.24. The Morgan fingerprint density at radius 2 is 1.20 bits per heavy atom. The molecule has 0 saturated heterocycles. The minimum Gasteiger partial charge on any atom is -0.359 e. The van der Waals surface area contributed by atoms with Crippen molar-refractivity contribution in [2.24, 2.45) is 0 Å². The van der Waals surface area contributed by atoms with Crippen molar-refractivity contribution in [2.45, 2.75) is 76.3 Å². The van der Waals surface area contributed by atoms with E-state index in [0.717, 1.165) is 18.5 Å². The zero-order chi connectivity index (χ0) is 21.2. The van der Waals surface area contributed by atoms with Crippen LogP contribution in [0.15, 0.2) is 24.3 Å². The van der Waals surface area contributed by atoms with E-state index in [-0.39, 0.29) is 5.91 Å². The molecular formula is C21H32N6OS2. The number of hydrogen-bond acceptors (Lipinski definition) is 4. The average Bonchev–Trinajstić information content (AvgIpc) is 2.78. The second-order valence-electron chi connectivity index (χ2n) is 8.02. The molecule has 6 N–H and O–H groups in total. The molecule has 0 radical (unpaired) electrons. The van der Waals surface area contributed by atoms with Crippen LogP contribution in [0.4, 0.5) is 5.69 Å². The fourth-order valence-corrected chi connectivity index (χ4v) is 4.39. The lowest BCUT2D eigenvalue weighted by atomic mass is 9.96. The van der Waals surface area contributed by atoms with Crippen LogP contribution in [0.3, 0.4) is 0 Å². The summed E-state index contributed by atoms with van der Waals surface area (Å²) in [6.07, 6.45) is 12.1. The number of amides is 1. The van der Waals surface area contributed by atoms with E-state index in [0.29, 0.717) is 27.9 Å². The van der Waals surface area contributed by atoms with Crippen molar-refractivity contribution in [2.75, 3.05) is 5.43 Å². The Bertz CT molecular complexity index is 715. The van der Waals surface area contributed by atoms with E-state index in [1.807, 2.05) is 12.1 Å². The molecule has 1 aromatic carbocycles. The van der Waals surface area contributed by atoms with Gasteiger partial charge in [-0.05, 0) is 74.4 Å². The molecule has 0 bridgehead atoms. The van der Waals surface area contributed by atoms with Crippen LogP contribution in [-0.4, -0.2) is 28.2 Å². The fourth-order valence-electron chi connectivity index (χ4n) is 3.96. The summed E-state index contributed by atoms with van der Waals surface area (Å²) in [5, 5.41) is 7.65. The molecule has 2 aliphatic rings. The van der Waals surface area contributed by atoms with Gasteiger partial charge in [-0.1, -0.05) is 38.5 Å². The summed E-state index contributed by atoms with van der Waals surface area (Å²) in [5.74, 6) is -0.239. The van der Waals surface area contributed by atoms with Gasteiger partial charge in [-0.3, -0.25) is 26.5 Å². The van der Waals surface area contributed by atoms with Gasteiger partial charge in [-0.15, -0.1) is 0 Å². The highest BCUT2D eigenvalue weighted by atomic mass is 32.1. The van der Waals surface area contributed by atoms with Crippen molar-refractivity contribution in [1.82, 2.24) is 26.9 Å². The van der Waals surface area contributed by atoms with Crippen LogP contribution in [0.2, 0.25) is 0 Å². The molecule has 0 aromatic heterocycles. The Kier molecular flexibility index (Phi) is 8.95. The van der Waals surface area contributed by atoms with E-state index in [1.165, 1.54) is 51.4 Å². The normalized spacial score (nSPS) is 17.5. The molecule has 3 rings (SSSR count). The quantitative estimate of drug-likeness (QED) is 0.302. The van der Waals surface area contributed by atoms with Gasteiger partial charge in [-0.25, -0.2) is 0 Å². The third kappa shape index (κ3) is 7.60. The van der Waals surface area contributed by atoms with Crippen LogP contribution in [0, 0.1) is 0 Å². The van der Waals surface area contributed by atoms with Crippen LogP contribution in [0.25, 0.3) is 0 Å². The van der Waals surface area contributed by atoms with E-state index < -0.39 is 0 Å². The van der Waals surface area contributed by atoms with Crippen LogP contribution >= 0.6 is 24.4 Å². The Morgan fingerprint density at radius 3 is 1.73 bits per heavy atom. The lowest BCUT2D eigenvalue weighted by molar-refractivity contribution is 0.0943. The molecule has 2 saturated carbocycles. The molecule has 1 aromatic rings. The molecule has 0 unspecified atom stereocenters. The van der Waals surface area contributed by atoms with Gasteiger partial charge in [0.2, 0.25) is 0 Å². The van der Waals surface area contributed by atoms with Gasteiger partial charge in [0, 0.05) is 17.6 Å². The first kappa shape index (κ1) is 22.6. The number of carbonyl (C=O) groups excluding carboxylic acids is 1. The van der Waals surface area contributed by atoms with E-state index in [2.05, 4.69) is 32.3 Å². The van der Waals surface area contributed by atoms with E-state index in [1.54, 1.807) is 12.1 Å². The second-order valence-corrected chi connectivity index (χ2v) is 8.84. The molecule has 9 heteroatoms. The van der Waals surface area contributed by atoms with Crippen LogP contribution in [0.5, 0.6) is 0 Å². The van der Waals surface area contributed by atoms with Crippen molar-refractivity contribution in [1.29, 1.82) is 0 Å². The third-order valence-corrected chi connectivity index (χ3v) is 6.08. The topological polar surface area (TPSA) is 89.2 Å². The number of hydrazine groups is 2. The molecule has 0 heterocycles. The second kappa shape index (κ2) is 11.9. The Labute approximate surface area is 189 Å². The maximum atomic E-state index is 12.3. The van der Waals surface area contributed by atoms with Gasteiger partial charge < -0.3 is 10.6 Å². The first-order valence-electron chi connectivity index (χ1n) is 10.9. The van der Waals surface area contributed by atoms with Gasteiger partial charge in [0.15, 0.2) is 10.2 Å². The number of thiocarbonyl (C=S) groups is 2. The summed E-state index contributed by atoms with van der Waals surface area (Å²) >= 11 is 10.6. The highest BCUT2D eigenvalue weighted by molar-refractivity contribution is 7.80. The molecule has 1 amide bonds. The number of carbonyl (C=O) groups is 1. The third-order valence-electron chi connectivity index (χ3n) is 5.64. The summed E-state index contributed by atoms with van der Waals surface area (Å²) in [5.41, 5.74) is 12.9. The predicted molar refractivity (Wildman–Crippen MR) is 129 cm³/mol. The number of benzene rings is 1. The number of anilines is 1. The molecular weight excluding hydrogens is 416 g/mol. The van der Waals surface area contributed by atoms with Crippen molar-refractivity contribution >= 4 is 46.3 Å². The van der Waals surface area contributed by atoms with Crippen molar-refractivity contribution < 1.29 is 4.79 Å². The van der Waals surface area contributed by atoms with Crippen molar-refractivity contribution in [3.63, 3.8) is 0 Å². The summed E-state index contributed by atoms with van der Waals surface area (Å²) in [6, 6.07) is 7.99. The summed E-state index contributed by atoms with van der Waals surface area (Å²) in [6.45, 7) is 0. The molecule has 2 fully saturated rings. The Hall–Kier alpha value is -2.13. The number of hydrogen-bond donors (Lipinski definition) is 6. The number of nitrogens with one attached hydrogen (secondary N) is 6. The maximum Gasteiger partial charge on any atom is 0.269 e. The average molecular weight is 449 g/mol. The molecule has 164 valence electrons. The van der Waals surface area contributed by atoms with Crippen LogP contribution in [0.1, 0.15) is 74.6 Å². The van der Waals surface area contributed by atoms with Crippen LogP contribution < -0.4 is 32.3 Å². The van der Waals surface area contributed by atoms with Gasteiger partial charge in [0.25, 0.3) is 5.91 Å². The standard InChI is InChI=1S/C21H32N6OS2/c28-19(25-27-21(30)23-17-9-5-2-6-10-17)15-11-13-18(14-12-15)24-26-20(29)22-16-7-3-1-4-8-16/h11-14,16-17,24H,1-10H2,(H,25,28)(H2,22,26,29)(H2,23,27,30). The predicted octanol–water partition coefficient (Wildman–Crippen LogP) is 3.25. The smallest absolute Gasteiger partial charge is 0.269 e. The monoisotopic (exact) mass is 448 g/mol. The minimum atomic E-state index is -0.239. The Morgan fingerprint density at radius 1 is 0.700 bits per heavy atom. The highest BCUT2D eigenvalue weighted by Crippen LogP contribution is 2.18. The minimum absolute atomic E-state index is 0.239. The molecule has 0 spiro atoms. The zero-order valence-corrected chi connectivity index (χ0v) is 18.9. The SMILES string of the molecule is O=C(NNC(=S)NC1CCCCC1)c1ccc(NNC(=S)NC2CCCCC2)cc1. The van der Waals surface area contributed by atoms with Gasteiger partial charge >= 0.3 is 0 Å². The lowest BCUT2D eigenvalue weighted by Crippen LogP contribution is -2.50. The molecule has 30 heavy (non-hydrogen) atoms. The fraction of sp³-hybridized carbons (Fsp3) is 0.571. The molecule has 7 nitrogen and oxygen atoms in total. The largest absolute Gasteiger partial charge is 0.359 e. The van der Waals surface area contributed by atoms with Crippen LogP contribution in [-0.2, 0) is 0 Å². The van der Waals surface area contributed by atoms with Crippen molar-refractivity contribution in [3.8, 4) is 0 Å². The zero-order valence-electron chi connectivity index (χ0n) is 17.3. The summed E-state index contributed by atoms with van der Waals surface area (Å²) in [4.78, 5) is 12.3. The van der Waals surface area contributed by atoms with Gasteiger partial charge in [0.05, 0.1) is 5.69 Å². The molecule has 0 atom stereocenters. The Balaban J connectivity index is 1.36. The van der Waals surface area contributed by atoms with Crippen molar-refractivity contribution in [3.05, 3.63) is 29.8 Å². The summed E-state index contributed by atoms with van der Waals surface area (Å²) < 4.78 is 0.